The molecule has 8 heteroatoms. The third-order valence-corrected chi connectivity index (χ3v) is 5.01. The number of nitrogens with one attached hydrogen (secondary N) is 1. The summed E-state index contributed by atoms with van der Waals surface area (Å²) in [6, 6.07) is 0. The second-order valence-corrected chi connectivity index (χ2v) is 7.22. The molecular formula is C13H17N5O2S. The number of hydrogen-bond donors (Lipinski definition) is 1. The third kappa shape index (κ3) is 2.96. The van der Waals surface area contributed by atoms with Gasteiger partial charge < -0.3 is 0 Å². The standard InChI is InChI=1S/C13H17N5O2S/c1-21(19,20)18-6-2-3-10(9-18)12-13(15-5-4-14-12)11-7-16-17-8-11/h4-5,7-8,10H,2-3,6,9H2,1H3,(H,16,17). The molecule has 21 heavy (non-hydrogen) atoms. The maximum absolute atomic E-state index is 11.8. The first-order valence-corrected chi connectivity index (χ1v) is 8.65. The van der Waals surface area contributed by atoms with Crippen LogP contribution in [0.25, 0.3) is 11.3 Å². The van der Waals surface area contributed by atoms with Crippen molar-refractivity contribution >= 4 is 10.0 Å². The van der Waals surface area contributed by atoms with E-state index in [1.54, 1.807) is 24.8 Å². The summed E-state index contributed by atoms with van der Waals surface area (Å²) < 4.78 is 25.0. The van der Waals surface area contributed by atoms with E-state index in [-0.39, 0.29) is 5.92 Å². The molecule has 1 N–H and O–H groups in total. The molecule has 0 bridgehead atoms. The zero-order valence-electron chi connectivity index (χ0n) is 11.7. The first-order valence-electron chi connectivity index (χ1n) is 6.81. The number of rotatable bonds is 3. The molecule has 0 saturated carbocycles. The van der Waals surface area contributed by atoms with Gasteiger partial charge in [0.05, 0.1) is 23.8 Å². The second-order valence-electron chi connectivity index (χ2n) is 5.24. The van der Waals surface area contributed by atoms with E-state index >= 15 is 0 Å². The summed E-state index contributed by atoms with van der Waals surface area (Å²) in [6.45, 7) is 1.04. The summed E-state index contributed by atoms with van der Waals surface area (Å²) in [6.07, 6.45) is 9.76. The molecule has 3 rings (SSSR count). The van der Waals surface area contributed by atoms with Gasteiger partial charge >= 0.3 is 0 Å². The highest BCUT2D eigenvalue weighted by Crippen LogP contribution is 2.31. The largest absolute Gasteiger partial charge is 0.285 e. The minimum Gasteiger partial charge on any atom is -0.285 e. The quantitative estimate of drug-likeness (QED) is 0.913. The van der Waals surface area contributed by atoms with Gasteiger partial charge in [-0.05, 0) is 12.8 Å². The van der Waals surface area contributed by atoms with E-state index in [0.29, 0.717) is 13.1 Å². The van der Waals surface area contributed by atoms with Crippen LogP contribution >= 0.6 is 0 Å². The van der Waals surface area contributed by atoms with Crippen LogP contribution in [0.5, 0.6) is 0 Å². The van der Waals surface area contributed by atoms with Gasteiger partial charge in [0.25, 0.3) is 0 Å². The lowest BCUT2D eigenvalue weighted by atomic mass is 9.93. The summed E-state index contributed by atoms with van der Waals surface area (Å²) >= 11 is 0. The lowest BCUT2D eigenvalue weighted by Crippen LogP contribution is -2.38. The Balaban J connectivity index is 1.94. The van der Waals surface area contributed by atoms with Crippen LogP contribution in [0.1, 0.15) is 24.5 Å². The molecule has 2 aromatic heterocycles. The number of hydrogen-bond acceptors (Lipinski definition) is 5. The smallest absolute Gasteiger partial charge is 0.211 e. The Bertz CT molecular complexity index is 714. The zero-order valence-corrected chi connectivity index (χ0v) is 12.5. The first kappa shape index (κ1) is 14.2. The number of aromatic amines is 1. The van der Waals surface area contributed by atoms with E-state index in [1.807, 2.05) is 0 Å². The van der Waals surface area contributed by atoms with Gasteiger partial charge in [-0.2, -0.15) is 5.10 Å². The maximum Gasteiger partial charge on any atom is 0.211 e. The molecule has 0 aliphatic carbocycles. The molecular weight excluding hydrogens is 290 g/mol. The normalized spacial score (nSPS) is 20.5. The predicted molar refractivity (Wildman–Crippen MR) is 78.0 cm³/mol. The van der Waals surface area contributed by atoms with E-state index < -0.39 is 10.0 Å². The minimum absolute atomic E-state index is 0.0621. The van der Waals surface area contributed by atoms with Gasteiger partial charge in [-0.3, -0.25) is 15.1 Å². The van der Waals surface area contributed by atoms with Crippen molar-refractivity contribution in [3.63, 3.8) is 0 Å². The molecule has 1 atom stereocenters. The molecule has 1 aliphatic heterocycles. The zero-order chi connectivity index (χ0) is 14.9. The summed E-state index contributed by atoms with van der Waals surface area (Å²) in [5.41, 5.74) is 2.48. The van der Waals surface area contributed by atoms with Crippen LogP contribution in [0.15, 0.2) is 24.8 Å². The number of piperidine rings is 1. The van der Waals surface area contributed by atoms with E-state index in [1.165, 1.54) is 10.6 Å². The Kier molecular flexibility index (Phi) is 3.73. The Morgan fingerprint density at radius 2 is 2.14 bits per heavy atom. The average Bonchev–Trinajstić information content (AvgIpc) is 3.01. The van der Waals surface area contributed by atoms with Crippen LogP contribution in [-0.2, 0) is 10.0 Å². The molecule has 2 aromatic rings. The summed E-state index contributed by atoms with van der Waals surface area (Å²) in [5.74, 6) is 0.0621. The molecule has 1 fully saturated rings. The van der Waals surface area contributed by atoms with Gasteiger partial charge in [-0.15, -0.1) is 0 Å². The number of aromatic nitrogens is 4. The van der Waals surface area contributed by atoms with Gasteiger partial charge in [0.15, 0.2) is 0 Å². The topological polar surface area (TPSA) is 91.8 Å². The van der Waals surface area contributed by atoms with Gasteiger partial charge in [0.1, 0.15) is 0 Å². The third-order valence-electron chi connectivity index (χ3n) is 3.74. The van der Waals surface area contributed by atoms with Crippen molar-refractivity contribution in [1.82, 2.24) is 24.5 Å². The van der Waals surface area contributed by atoms with E-state index in [4.69, 9.17) is 0 Å². The van der Waals surface area contributed by atoms with Crippen LogP contribution in [0.3, 0.4) is 0 Å². The molecule has 1 unspecified atom stereocenters. The molecule has 7 nitrogen and oxygen atoms in total. The Morgan fingerprint density at radius 3 is 2.86 bits per heavy atom. The minimum atomic E-state index is -3.17. The number of sulfonamides is 1. The highest BCUT2D eigenvalue weighted by Gasteiger charge is 2.29. The Morgan fingerprint density at radius 1 is 1.33 bits per heavy atom. The van der Waals surface area contributed by atoms with Crippen LogP contribution < -0.4 is 0 Å². The number of nitrogens with zero attached hydrogens (tertiary/aromatic N) is 4. The SMILES string of the molecule is CS(=O)(=O)N1CCCC(c2nccnc2-c2cn[nH]c2)C1. The Labute approximate surface area is 123 Å². The fraction of sp³-hybridized carbons (Fsp3) is 0.462. The highest BCUT2D eigenvalue weighted by atomic mass is 32.2. The van der Waals surface area contributed by atoms with Gasteiger partial charge in [0, 0.05) is 43.2 Å². The fourth-order valence-corrected chi connectivity index (χ4v) is 3.63. The molecule has 0 aromatic carbocycles. The van der Waals surface area contributed by atoms with Crippen molar-refractivity contribution in [2.75, 3.05) is 19.3 Å². The maximum atomic E-state index is 11.8. The van der Waals surface area contributed by atoms with Crippen LogP contribution in [0.2, 0.25) is 0 Å². The van der Waals surface area contributed by atoms with Gasteiger partial charge in [-0.1, -0.05) is 0 Å². The van der Waals surface area contributed by atoms with Crippen molar-refractivity contribution in [2.24, 2.45) is 0 Å². The molecule has 0 radical (unpaired) electrons. The van der Waals surface area contributed by atoms with Gasteiger partial charge in [0.2, 0.25) is 10.0 Å². The summed E-state index contributed by atoms with van der Waals surface area (Å²) in [4.78, 5) is 8.84. The molecule has 3 heterocycles. The van der Waals surface area contributed by atoms with Gasteiger partial charge in [-0.25, -0.2) is 12.7 Å². The molecule has 112 valence electrons. The lowest BCUT2D eigenvalue weighted by molar-refractivity contribution is 0.314. The van der Waals surface area contributed by atoms with Crippen molar-refractivity contribution in [3.8, 4) is 11.3 Å². The molecule has 1 saturated heterocycles. The average molecular weight is 307 g/mol. The highest BCUT2D eigenvalue weighted by molar-refractivity contribution is 7.88. The van der Waals surface area contributed by atoms with Crippen LogP contribution in [0.4, 0.5) is 0 Å². The predicted octanol–water partition coefficient (Wildman–Crippen LogP) is 1.01. The summed E-state index contributed by atoms with van der Waals surface area (Å²) in [7, 11) is -3.17. The Hall–Kier alpha value is -1.80. The lowest BCUT2D eigenvalue weighted by Gasteiger charge is -2.31. The van der Waals surface area contributed by atoms with Crippen LogP contribution in [0, 0.1) is 0 Å². The number of H-pyrrole nitrogens is 1. The van der Waals surface area contributed by atoms with E-state index in [2.05, 4.69) is 20.2 Å². The van der Waals surface area contributed by atoms with Crippen molar-refractivity contribution < 1.29 is 8.42 Å². The van der Waals surface area contributed by atoms with Crippen LogP contribution in [-0.4, -0.2) is 52.2 Å². The first-order chi connectivity index (χ1) is 10.1. The van der Waals surface area contributed by atoms with E-state index in [9.17, 15) is 8.42 Å². The second kappa shape index (κ2) is 5.53. The molecule has 0 spiro atoms. The van der Waals surface area contributed by atoms with E-state index in [0.717, 1.165) is 29.8 Å². The van der Waals surface area contributed by atoms with Crippen molar-refractivity contribution in [2.45, 2.75) is 18.8 Å². The van der Waals surface area contributed by atoms with Crippen molar-refractivity contribution in [3.05, 3.63) is 30.5 Å². The monoisotopic (exact) mass is 307 g/mol. The molecule has 0 amide bonds. The summed E-state index contributed by atoms with van der Waals surface area (Å²) in [5, 5.41) is 6.71. The fourth-order valence-electron chi connectivity index (χ4n) is 2.72. The van der Waals surface area contributed by atoms with Crippen molar-refractivity contribution in [1.29, 1.82) is 0 Å². The molecule has 1 aliphatic rings.